The molecule has 0 saturated carbocycles. The molecule has 0 aliphatic rings. The van der Waals surface area contributed by atoms with Crippen LogP contribution in [0.4, 0.5) is 5.69 Å². The van der Waals surface area contributed by atoms with Gasteiger partial charge in [-0.15, -0.1) is 11.3 Å². The summed E-state index contributed by atoms with van der Waals surface area (Å²) in [5.74, 6) is 1.37. The van der Waals surface area contributed by atoms with E-state index < -0.39 is 0 Å². The number of carbonyl (C=O) groups excluding carboxylic acids is 1. The van der Waals surface area contributed by atoms with Crippen molar-refractivity contribution >= 4 is 22.9 Å². The van der Waals surface area contributed by atoms with Crippen LogP contribution in [-0.4, -0.2) is 10.9 Å². The summed E-state index contributed by atoms with van der Waals surface area (Å²) in [6.45, 7) is 8.58. The van der Waals surface area contributed by atoms with E-state index >= 15 is 0 Å². The molecule has 136 valence electrons. The molecule has 0 radical (unpaired) electrons. The summed E-state index contributed by atoms with van der Waals surface area (Å²) in [5.41, 5.74) is 4.04. The van der Waals surface area contributed by atoms with Gasteiger partial charge in [-0.2, -0.15) is 0 Å². The first-order valence-electron chi connectivity index (χ1n) is 8.86. The summed E-state index contributed by atoms with van der Waals surface area (Å²) in [6, 6.07) is 9.94. The Kier molecular flexibility index (Phi) is 5.57. The zero-order valence-electron chi connectivity index (χ0n) is 15.6. The van der Waals surface area contributed by atoms with Gasteiger partial charge in [0.2, 0.25) is 5.91 Å². The molecule has 0 aliphatic carbocycles. The van der Waals surface area contributed by atoms with Crippen molar-refractivity contribution in [3.8, 4) is 10.8 Å². The van der Waals surface area contributed by atoms with E-state index in [1.165, 1.54) is 22.5 Å². The highest BCUT2D eigenvalue weighted by atomic mass is 32.1. The number of aromatic nitrogens is 1. The van der Waals surface area contributed by atoms with Crippen molar-refractivity contribution in [2.24, 2.45) is 0 Å². The molecule has 0 bridgehead atoms. The molecule has 1 N–H and O–H groups in total. The van der Waals surface area contributed by atoms with E-state index in [9.17, 15) is 4.79 Å². The first kappa shape index (κ1) is 18.4. The highest BCUT2D eigenvalue weighted by molar-refractivity contribution is 7.13. The molecule has 3 aromatic rings. The third-order valence-electron chi connectivity index (χ3n) is 4.26. The lowest BCUT2D eigenvalue weighted by atomic mass is 9.92. The Morgan fingerprint density at radius 2 is 1.81 bits per heavy atom. The molecule has 3 rings (SSSR count). The molecule has 2 heterocycles. The fourth-order valence-electron chi connectivity index (χ4n) is 2.95. The molecule has 2 aromatic heterocycles. The predicted octanol–water partition coefficient (Wildman–Crippen LogP) is 5.83. The number of nitrogens with one attached hydrogen (secondary N) is 1. The van der Waals surface area contributed by atoms with E-state index in [0.717, 1.165) is 22.1 Å². The summed E-state index contributed by atoms with van der Waals surface area (Å²) < 4.78 is 5.37. The topological polar surface area (TPSA) is 55.1 Å². The van der Waals surface area contributed by atoms with E-state index in [4.69, 9.17) is 4.42 Å². The van der Waals surface area contributed by atoms with Crippen LogP contribution in [0.5, 0.6) is 0 Å². The minimum Gasteiger partial charge on any atom is -0.462 e. The van der Waals surface area contributed by atoms with Crippen molar-refractivity contribution in [1.29, 1.82) is 0 Å². The fraction of sp³-hybridized carbons (Fsp3) is 0.333. The number of para-hydroxylation sites is 1. The number of amides is 1. The van der Waals surface area contributed by atoms with Gasteiger partial charge in [-0.3, -0.25) is 4.79 Å². The summed E-state index contributed by atoms with van der Waals surface area (Å²) in [4.78, 5) is 17.2. The number of nitrogens with zero attached hydrogens (tertiary/aromatic N) is 1. The lowest BCUT2D eigenvalue weighted by molar-refractivity contribution is -0.115. The van der Waals surface area contributed by atoms with Crippen molar-refractivity contribution in [2.45, 2.75) is 46.0 Å². The Balaban J connectivity index is 1.78. The maximum absolute atomic E-state index is 12.7. The van der Waals surface area contributed by atoms with E-state index in [1.807, 2.05) is 17.5 Å². The quantitative estimate of drug-likeness (QED) is 0.595. The van der Waals surface area contributed by atoms with Crippen LogP contribution < -0.4 is 5.32 Å². The highest BCUT2D eigenvalue weighted by Crippen LogP contribution is 2.32. The van der Waals surface area contributed by atoms with E-state index in [-0.39, 0.29) is 12.3 Å². The number of rotatable bonds is 6. The molecule has 5 heteroatoms. The van der Waals surface area contributed by atoms with Gasteiger partial charge in [-0.05, 0) is 35.1 Å². The molecule has 1 amide bonds. The maximum Gasteiger partial charge on any atom is 0.230 e. The van der Waals surface area contributed by atoms with Crippen LogP contribution in [0.1, 0.15) is 56.4 Å². The van der Waals surface area contributed by atoms with Crippen molar-refractivity contribution in [1.82, 2.24) is 4.98 Å². The number of hydrogen-bond acceptors (Lipinski definition) is 4. The standard InChI is InChI=1S/C21H24N2O2S/c1-13(2)16-7-5-8-17(14(3)4)20(16)23-19(24)11-15-12-26-21(22-15)18-9-6-10-25-18/h5-10,12-14H,11H2,1-4H3,(H,23,24). The largest absolute Gasteiger partial charge is 0.462 e. The monoisotopic (exact) mass is 368 g/mol. The first-order valence-corrected chi connectivity index (χ1v) is 9.74. The van der Waals surface area contributed by atoms with E-state index in [0.29, 0.717) is 11.8 Å². The second-order valence-electron chi connectivity index (χ2n) is 6.97. The van der Waals surface area contributed by atoms with Crippen LogP contribution in [0.3, 0.4) is 0 Å². The number of hydrogen-bond donors (Lipinski definition) is 1. The molecule has 4 nitrogen and oxygen atoms in total. The Bertz CT molecular complexity index is 853. The van der Waals surface area contributed by atoms with Crippen LogP contribution in [0.15, 0.2) is 46.4 Å². The minimum atomic E-state index is -0.0451. The molecule has 0 saturated heterocycles. The summed E-state index contributed by atoms with van der Waals surface area (Å²) in [5, 5.41) is 5.84. The second kappa shape index (κ2) is 7.87. The molecular formula is C21H24N2O2S. The number of thiazole rings is 1. The van der Waals surface area contributed by atoms with Crippen LogP contribution >= 0.6 is 11.3 Å². The Labute approximate surface area is 158 Å². The van der Waals surface area contributed by atoms with Gasteiger partial charge in [0, 0.05) is 11.1 Å². The Morgan fingerprint density at radius 3 is 2.38 bits per heavy atom. The fourth-order valence-corrected chi connectivity index (χ4v) is 3.73. The van der Waals surface area contributed by atoms with Crippen LogP contribution in [-0.2, 0) is 11.2 Å². The van der Waals surface area contributed by atoms with Gasteiger partial charge in [-0.25, -0.2) is 4.98 Å². The molecule has 0 atom stereocenters. The minimum absolute atomic E-state index is 0.0451. The van der Waals surface area contributed by atoms with Crippen molar-refractivity contribution in [3.05, 3.63) is 58.8 Å². The maximum atomic E-state index is 12.7. The Morgan fingerprint density at radius 1 is 1.12 bits per heavy atom. The van der Waals surface area contributed by atoms with Gasteiger partial charge in [0.25, 0.3) is 0 Å². The van der Waals surface area contributed by atoms with Crippen LogP contribution in [0.25, 0.3) is 10.8 Å². The van der Waals surface area contributed by atoms with Gasteiger partial charge in [0.1, 0.15) is 0 Å². The molecule has 0 spiro atoms. The average Bonchev–Trinajstić information content (AvgIpc) is 3.25. The molecule has 0 unspecified atom stereocenters. The summed E-state index contributed by atoms with van der Waals surface area (Å²) in [6.07, 6.45) is 1.88. The van der Waals surface area contributed by atoms with Gasteiger partial charge < -0.3 is 9.73 Å². The van der Waals surface area contributed by atoms with Crippen LogP contribution in [0.2, 0.25) is 0 Å². The van der Waals surface area contributed by atoms with Crippen LogP contribution in [0, 0.1) is 0 Å². The smallest absolute Gasteiger partial charge is 0.230 e. The predicted molar refractivity (Wildman–Crippen MR) is 107 cm³/mol. The van der Waals surface area contributed by atoms with E-state index in [2.05, 4.69) is 56.2 Å². The van der Waals surface area contributed by atoms with Gasteiger partial charge in [0.05, 0.1) is 18.4 Å². The van der Waals surface area contributed by atoms with Crippen molar-refractivity contribution in [3.63, 3.8) is 0 Å². The van der Waals surface area contributed by atoms with E-state index in [1.54, 1.807) is 6.26 Å². The highest BCUT2D eigenvalue weighted by Gasteiger charge is 2.17. The second-order valence-corrected chi connectivity index (χ2v) is 7.83. The average molecular weight is 369 g/mol. The molecule has 0 fully saturated rings. The van der Waals surface area contributed by atoms with Crippen molar-refractivity contribution in [2.75, 3.05) is 5.32 Å². The zero-order chi connectivity index (χ0) is 18.7. The summed E-state index contributed by atoms with van der Waals surface area (Å²) >= 11 is 1.49. The molecular weight excluding hydrogens is 344 g/mol. The van der Waals surface area contributed by atoms with Gasteiger partial charge >= 0.3 is 0 Å². The number of carbonyl (C=O) groups is 1. The van der Waals surface area contributed by atoms with Crippen molar-refractivity contribution < 1.29 is 9.21 Å². The molecule has 0 aliphatic heterocycles. The summed E-state index contributed by atoms with van der Waals surface area (Å²) in [7, 11) is 0. The molecule has 1 aromatic carbocycles. The number of furan rings is 1. The SMILES string of the molecule is CC(C)c1cccc(C(C)C)c1NC(=O)Cc1csc(-c2ccco2)n1. The lowest BCUT2D eigenvalue weighted by Gasteiger charge is -2.20. The Hall–Kier alpha value is -2.40. The third kappa shape index (κ3) is 4.05. The first-order chi connectivity index (χ1) is 12.5. The number of anilines is 1. The normalized spacial score (nSPS) is 11.3. The molecule has 26 heavy (non-hydrogen) atoms. The number of benzene rings is 1. The van der Waals surface area contributed by atoms with Gasteiger partial charge in [0.15, 0.2) is 10.8 Å². The lowest BCUT2D eigenvalue weighted by Crippen LogP contribution is -2.18. The third-order valence-corrected chi connectivity index (χ3v) is 5.17. The zero-order valence-corrected chi connectivity index (χ0v) is 16.4. The van der Waals surface area contributed by atoms with Gasteiger partial charge in [-0.1, -0.05) is 45.9 Å².